The molecule has 0 fully saturated rings. The van der Waals surface area contributed by atoms with Crippen molar-refractivity contribution in [2.75, 3.05) is 6.54 Å². The lowest BCUT2D eigenvalue weighted by Gasteiger charge is -2.30. The number of hydrogen-bond acceptors (Lipinski definition) is 4. The molecular weight excluding hydrogens is 396 g/mol. The van der Waals surface area contributed by atoms with Crippen LogP contribution in [-0.2, 0) is 16.1 Å². The zero-order chi connectivity index (χ0) is 22.6. The first-order chi connectivity index (χ1) is 14.7. The fourth-order valence-corrected chi connectivity index (χ4v) is 3.31. The SMILES string of the molecule is CC(C)(C)C(NC(=O)c1nn(Cc2ccccc2)c2ccccc12)C(=O)NCC(=O)O. The van der Waals surface area contributed by atoms with Crippen molar-refractivity contribution in [2.24, 2.45) is 5.41 Å². The maximum Gasteiger partial charge on any atom is 0.322 e. The van der Waals surface area contributed by atoms with Gasteiger partial charge in [-0.25, -0.2) is 0 Å². The van der Waals surface area contributed by atoms with Gasteiger partial charge in [0.2, 0.25) is 5.91 Å². The van der Waals surface area contributed by atoms with Gasteiger partial charge in [0.1, 0.15) is 12.6 Å². The second-order valence-corrected chi connectivity index (χ2v) is 8.39. The zero-order valence-corrected chi connectivity index (χ0v) is 17.8. The predicted octanol–water partition coefficient (Wildman–Crippen LogP) is 2.43. The summed E-state index contributed by atoms with van der Waals surface area (Å²) in [7, 11) is 0. The number of carbonyl (C=O) groups is 3. The molecule has 1 heterocycles. The Kier molecular flexibility index (Phi) is 6.39. The van der Waals surface area contributed by atoms with Crippen molar-refractivity contribution in [1.29, 1.82) is 0 Å². The first kappa shape index (κ1) is 22.0. The Bertz CT molecular complexity index is 1100. The van der Waals surface area contributed by atoms with Crippen LogP contribution >= 0.6 is 0 Å². The number of nitrogens with one attached hydrogen (secondary N) is 2. The van der Waals surface area contributed by atoms with Crippen LogP contribution in [-0.4, -0.2) is 45.3 Å². The van der Waals surface area contributed by atoms with Crippen molar-refractivity contribution in [3.05, 3.63) is 65.9 Å². The van der Waals surface area contributed by atoms with E-state index in [1.165, 1.54) is 0 Å². The molecule has 0 spiro atoms. The summed E-state index contributed by atoms with van der Waals surface area (Å²) >= 11 is 0. The Labute approximate surface area is 180 Å². The molecule has 162 valence electrons. The Hall–Kier alpha value is -3.68. The summed E-state index contributed by atoms with van der Waals surface area (Å²) < 4.78 is 1.76. The highest BCUT2D eigenvalue weighted by Gasteiger charge is 2.34. The number of carboxylic acid groups (broad SMARTS) is 1. The van der Waals surface area contributed by atoms with Crippen LogP contribution in [0.4, 0.5) is 0 Å². The quantitative estimate of drug-likeness (QED) is 0.541. The second-order valence-electron chi connectivity index (χ2n) is 8.39. The number of nitrogens with zero attached hydrogens (tertiary/aromatic N) is 2. The van der Waals surface area contributed by atoms with Crippen molar-refractivity contribution in [3.8, 4) is 0 Å². The van der Waals surface area contributed by atoms with Crippen molar-refractivity contribution in [3.63, 3.8) is 0 Å². The Morgan fingerprint density at radius 3 is 2.32 bits per heavy atom. The molecular formula is C23H26N4O4. The number of hydrogen-bond donors (Lipinski definition) is 3. The largest absolute Gasteiger partial charge is 0.480 e. The summed E-state index contributed by atoms with van der Waals surface area (Å²) in [6.07, 6.45) is 0. The molecule has 3 N–H and O–H groups in total. The van der Waals surface area contributed by atoms with Gasteiger partial charge in [0.15, 0.2) is 5.69 Å². The molecule has 0 radical (unpaired) electrons. The van der Waals surface area contributed by atoms with Gasteiger partial charge in [-0.15, -0.1) is 0 Å². The number of benzene rings is 2. The van der Waals surface area contributed by atoms with E-state index in [9.17, 15) is 14.4 Å². The molecule has 0 aliphatic rings. The third-order valence-corrected chi connectivity index (χ3v) is 4.87. The van der Waals surface area contributed by atoms with E-state index in [0.717, 1.165) is 11.1 Å². The van der Waals surface area contributed by atoms with E-state index in [2.05, 4.69) is 15.7 Å². The second kappa shape index (κ2) is 8.99. The monoisotopic (exact) mass is 422 g/mol. The molecule has 0 saturated carbocycles. The third-order valence-electron chi connectivity index (χ3n) is 4.87. The van der Waals surface area contributed by atoms with Crippen LogP contribution in [0.1, 0.15) is 36.8 Å². The minimum Gasteiger partial charge on any atom is -0.480 e. The lowest BCUT2D eigenvalue weighted by molar-refractivity contribution is -0.138. The van der Waals surface area contributed by atoms with Gasteiger partial charge in [0.05, 0.1) is 12.1 Å². The molecule has 0 aliphatic carbocycles. The average Bonchev–Trinajstić information content (AvgIpc) is 3.08. The zero-order valence-electron chi connectivity index (χ0n) is 17.8. The maximum atomic E-state index is 13.1. The lowest BCUT2D eigenvalue weighted by Crippen LogP contribution is -2.54. The van der Waals surface area contributed by atoms with Gasteiger partial charge in [0.25, 0.3) is 5.91 Å². The Balaban J connectivity index is 1.90. The molecule has 3 aromatic rings. The molecule has 8 heteroatoms. The Morgan fingerprint density at radius 1 is 1.03 bits per heavy atom. The fourth-order valence-electron chi connectivity index (χ4n) is 3.31. The molecule has 3 rings (SSSR count). The van der Waals surface area contributed by atoms with Gasteiger partial charge in [-0.3, -0.25) is 19.1 Å². The minimum atomic E-state index is -1.15. The van der Waals surface area contributed by atoms with E-state index >= 15 is 0 Å². The van der Waals surface area contributed by atoms with Crippen LogP contribution in [0, 0.1) is 5.41 Å². The van der Waals surface area contributed by atoms with Gasteiger partial charge < -0.3 is 15.7 Å². The molecule has 1 atom stereocenters. The van der Waals surface area contributed by atoms with Gasteiger partial charge >= 0.3 is 5.97 Å². The first-order valence-electron chi connectivity index (χ1n) is 9.96. The number of carbonyl (C=O) groups excluding carboxylic acids is 2. The summed E-state index contributed by atoms with van der Waals surface area (Å²) in [4.78, 5) is 36.5. The predicted molar refractivity (Wildman–Crippen MR) is 117 cm³/mol. The standard InChI is InChI=1S/C23H26N4O4/c1-23(2,3)20(22(31)24-13-18(28)29)25-21(30)19-16-11-7-8-12-17(16)27(26-19)14-15-9-5-4-6-10-15/h4-12,20H,13-14H2,1-3H3,(H,24,31)(H,25,30)(H,28,29). The van der Waals surface area contributed by atoms with Gasteiger partial charge in [-0.1, -0.05) is 69.3 Å². The van der Waals surface area contributed by atoms with Crippen molar-refractivity contribution in [1.82, 2.24) is 20.4 Å². The average molecular weight is 422 g/mol. The lowest BCUT2D eigenvalue weighted by atomic mass is 9.86. The number of fused-ring (bicyclic) bond motifs is 1. The van der Waals surface area contributed by atoms with E-state index < -0.39 is 35.8 Å². The van der Waals surface area contributed by atoms with E-state index in [4.69, 9.17) is 5.11 Å². The molecule has 1 aromatic heterocycles. The molecule has 1 unspecified atom stereocenters. The van der Waals surface area contributed by atoms with Gasteiger partial charge in [0, 0.05) is 5.39 Å². The third kappa shape index (κ3) is 5.28. The van der Waals surface area contributed by atoms with Crippen molar-refractivity contribution in [2.45, 2.75) is 33.4 Å². The molecule has 2 aromatic carbocycles. The number of rotatable bonds is 7. The number of carboxylic acids is 1. The summed E-state index contributed by atoms with van der Waals surface area (Å²) in [6, 6.07) is 16.3. The van der Waals surface area contributed by atoms with E-state index in [1.54, 1.807) is 25.5 Å². The maximum absolute atomic E-state index is 13.1. The van der Waals surface area contributed by atoms with Crippen LogP contribution in [0.3, 0.4) is 0 Å². The van der Waals surface area contributed by atoms with E-state index in [0.29, 0.717) is 11.9 Å². The van der Waals surface area contributed by atoms with Gasteiger partial charge in [-0.2, -0.15) is 5.10 Å². The van der Waals surface area contributed by atoms with E-state index in [1.807, 2.05) is 54.6 Å². The first-order valence-corrected chi connectivity index (χ1v) is 9.96. The number of aromatic nitrogens is 2. The normalized spacial score (nSPS) is 12.4. The van der Waals surface area contributed by atoms with Crippen LogP contribution < -0.4 is 10.6 Å². The topological polar surface area (TPSA) is 113 Å². The molecule has 31 heavy (non-hydrogen) atoms. The van der Waals surface area contributed by atoms with Crippen molar-refractivity contribution >= 4 is 28.7 Å². The molecule has 0 bridgehead atoms. The Morgan fingerprint density at radius 2 is 1.68 bits per heavy atom. The van der Waals surface area contributed by atoms with Crippen LogP contribution in [0.15, 0.2) is 54.6 Å². The highest BCUT2D eigenvalue weighted by atomic mass is 16.4. The number of para-hydroxylation sites is 1. The summed E-state index contributed by atoms with van der Waals surface area (Å²) in [6.45, 7) is 5.37. The highest BCUT2D eigenvalue weighted by Crippen LogP contribution is 2.23. The minimum absolute atomic E-state index is 0.215. The van der Waals surface area contributed by atoms with Gasteiger partial charge in [-0.05, 0) is 17.0 Å². The molecule has 2 amide bonds. The van der Waals surface area contributed by atoms with E-state index in [-0.39, 0.29) is 5.69 Å². The summed E-state index contributed by atoms with van der Waals surface area (Å²) in [5.74, 6) is -2.21. The smallest absolute Gasteiger partial charge is 0.322 e. The molecule has 0 saturated heterocycles. The van der Waals surface area contributed by atoms with Crippen LogP contribution in [0.5, 0.6) is 0 Å². The van der Waals surface area contributed by atoms with Crippen LogP contribution in [0.25, 0.3) is 10.9 Å². The number of aliphatic carboxylic acids is 1. The fraction of sp³-hybridized carbons (Fsp3) is 0.304. The van der Waals surface area contributed by atoms with Crippen LogP contribution in [0.2, 0.25) is 0 Å². The number of amides is 2. The summed E-state index contributed by atoms with van der Waals surface area (Å²) in [5, 5.41) is 19.1. The highest BCUT2D eigenvalue weighted by molar-refractivity contribution is 6.06. The summed E-state index contributed by atoms with van der Waals surface area (Å²) in [5.41, 5.74) is 1.43. The van der Waals surface area contributed by atoms with Crippen molar-refractivity contribution < 1.29 is 19.5 Å². The molecule has 8 nitrogen and oxygen atoms in total. The molecule has 0 aliphatic heterocycles.